The Bertz CT molecular complexity index is 181. The minimum Gasteiger partial charge on any atom is -0.436 e. The molecule has 0 unspecified atom stereocenters. The normalized spacial score (nSPS) is 11.1. The first-order valence-corrected chi connectivity index (χ1v) is 6.85. The van der Waals surface area contributed by atoms with Gasteiger partial charge in [-0.05, 0) is 12.1 Å². The van der Waals surface area contributed by atoms with Crippen LogP contribution in [0.4, 0.5) is 0 Å². The summed E-state index contributed by atoms with van der Waals surface area (Å²) >= 11 is 0. The van der Waals surface area contributed by atoms with E-state index in [4.69, 9.17) is 13.6 Å². The second kappa shape index (κ2) is 6.75. The standard InChI is InChI=1S/C9H18O4Si/c1-5-9(10)12-8-13-14(6-2,7-3)11-4/h5H,1,6-8H2,2-4H3. The van der Waals surface area contributed by atoms with Crippen LogP contribution < -0.4 is 0 Å². The number of carbonyl (C=O) groups excluding carboxylic acids is 1. The summed E-state index contributed by atoms with van der Waals surface area (Å²) in [5, 5.41) is 0. The molecule has 0 spiro atoms. The third kappa shape index (κ3) is 4.04. The Balaban J connectivity index is 3.94. The number of carbonyl (C=O) groups is 1. The van der Waals surface area contributed by atoms with Crippen molar-refractivity contribution < 1.29 is 18.4 Å². The molecule has 0 rings (SSSR count). The number of ether oxygens (including phenoxy) is 1. The van der Waals surface area contributed by atoms with E-state index in [0.717, 1.165) is 18.2 Å². The molecule has 4 nitrogen and oxygen atoms in total. The summed E-state index contributed by atoms with van der Waals surface area (Å²) in [4.78, 5) is 10.7. The van der Waals surface area contributed by atoms with Gasteiger partial charge in [-0.15, -0.1) is 0 Å². The molecule has 0 bridgehead atoms. The molecule has 0 amide bonds. The second-order valence-corrected chi connectivity index (χ2v) is 6.68. The fraction of sp³-hybridized carbons (Fsp3) is 0.667. The van der Waals surface area contributed by atoms with Gasteiger partial charge in [-0.2, -0.15) is 0 Å². The number of esters is 1. The van der Waals surface area contributed by atoms with Gasteiger partial charge >= 0.3 is 14.5 Å². The highest BCUT2D eigenvalue weighted by Crippen LogP contribution is 2.16. The lowest BCUT2D eigenvalue weighted by molar-refractivity contribution is -0.145. The van der Waals surface area contributed by atoms with Crippen molar-refractivity contribution in [1.29, 1.82) is 0 Å². The average molecular weight is 218 g/mol. The summed E-state index contributed by atoms with van der Waals surface area (Å²) in [6.07, 6.45) is 1.11. The SMILES string of the molecule is C=CC(=O)OCO[Si](CC)(CC)OC. The highest BCUT2D eigenvalue weighted by molar-refractivity contribution is 6.67. The Labute approximate surface area is 86.1 Å². The van der Waals surface area contributed by atoms with Crippen LogP contribution >= 0.6 is 0 Å². The molecule has 0 aromatic heterocycles. The molecule has 0 aromatic rings. The van der Waals surface area contributed by atoms with Gasteiger partial charge in [-0.25, -0.2) is 4.79 Å². The summed E-state index contributed by atoms with van der Waals surface area (Å²) in [6, 6.07) is 1.68. The lowest BCUT2D eigenvalue weighted by Gasteiger charge is -2.25. The van der Waals surface area contributed by atoms with Crippen LogP contribution in [0.2, 0.25) is 12.1 Å². The van der Waals surface area contributed by atoms with E-state index in [1.807, 2.05) is 13.8 Å². The van der Waals surface area contributed by atoms with Gasteiger partial charge in [-0.3, -0.25) is 0 Å². The summed E-state index contributed by atoms with van der Waals surface area (Å²) < 4.78 is 15.6. The van der Waals surface area contributed by atoms with Crippen molar-refractivity contribution in [2.24, 2.45) is 0 Å². The zero-order chi connectivity index (χ0) is 11.0. The van der Waals surface area contributed by atoms with Gasteiger partial charge in [0, 0.05) is 13.2 Å². The van der Waals surface area contributed by atoms with E-state index in [-0.39, 0.29) is 6.79 Å². The van der Waals surface area contributed by atoms with E-state index in [1.165, 1.54) is 0 Å². The summed E-state index contributed by atoms with van der Waals surface area (Å²) in [5.41, 5.74) is 0. The topological polar surface area (TPSA) is 44.8 Å². The maximum atomic E-state index is 10.7. The zero-order valence-corrected chi connectivity index (χ0v) is 10.0. The Morgan fingerprint density at radius 2 is 2.00 bits per heavy atom. The Hall–Kier alpha value is -0.653. The number of hydrogen-bond acceptors (Lipinski definition) is 4. The van der Waals surface area contributed by atoms with Gasteiger partial charge < -0.3 is 13.6 Å². The van der Waals surface area contributed by atoms with E-state index in [0.29, 0.717) is 0 Å². The molecule has 0 radical (unpaired) electrons. The third-order valence-corrected chi connectivity index (χ3v) is 5.68. The highest BCUT2D eigenvalue weighted by atomic mass is 28.4. The average Bonchev–Trinajstić information content (AvgIpc) is 2.25. The van der Waals surface area contributed by atoms with E-state index >= 15 is 0 Å². The quantitative estimate of drug-likeness (QED) is 0.283. The van der Waals surface area contributed by atoms with Crippen LogP contribution in [0.15, 0.2) is 12.7 Å². The molecule has 0 heterocycles. The maximum Gasteiger partial charge on any atom is 0.339 e. The van der Waals surface area contributed by atoms with Crippen LogP contribution in [0.25, 0.3) is 0 Å². The van der Waals surface area contributed by atoms with Crippen LogP contribution in [0.3, 0.4) is 0 Å². The summed E-state index contributed by atoms with van der Waals surface area (Å²) in [7, 11) is -0.475. The highest BCUT2D eigenvalue weighted by Gasteiger charge is 2.32. The van der Waals surface area contributed by atoms with Crippen molar-refractivity contribution in [1.82, 2.24) is 0 Å². The molecule has 0 aliphatic heterocycles. The van der Waals surface area contributed by atoms with Crippen molar-refractivity contribution in [2.75, 3.05) is 13.9 Å². The van der Waals surface area contributed by atoms with Crippen LogP contribution in [-0.4, -0.2) is 28.4 Å². The first kappa shape index (κ1) is 13.3. The van der Waals surface area contributed by atoms with Crippen molar-refractivity contribution in [3.05, 3.63) is 12.7 Å². The van der Waals surface area contributed by atoms with Crippen LogP contribution in [0.5, 0.6) is 0 Å². The second-order valence-electron chi connectivity index (χ2n) is 2.75. The first-order chi connectivity index (χ1) is 6.64. The van der Waals surface area contributed by atoms with Crippen molar-refractivity contribution in [3.63, 3.8) is 0 Å². The fourth-order valence-corrected chi connectivity index (χ4v) is 2.93. The first-order valence-electron chi connectivity index (χ1n) is 4.62. The van der Waals surface area contributed by atoms with Crippen LogP contribution in [0.1, 0.15) is 13.8 Å². The molecule has 82 valence electrons. The lowest BCUT2D eigenvalue weighted by Crippen LogP contribution is -2.40. The lowest BCUT2D eigenvalue weighted by atomic mass is 10.7. The van der Waals surface area contributed by atoms with E-state index in [1.54, 1.807) is 7.11 Å². The minimum absolute atomic E-state index is 0.0490. The summed E-state index contributed by atoms with van der Waals surface area (Å²) in [5.74, 6) is -0.476. The zero-order valence-electron chi connectivity index (χ0n) is 9.04. The van der Waals surface area contributed by atoms with Crippen molar-refractivity contribution in [2.45, 2.75) is 25.9 Å². The predicted molar refractivity (Wildman–Crippen MR) is 56.0 cm³/mol. The third-order valence-electron chi connectivity index (χ3n) is 2.14. The molecule has 0 N–H and O–H groups in total. The van der Waals surface area contributed by atoms with E-state index < -0.39 is 14.5 Å². The Kier molecular flexibility index (Phi) is 6.43. The van der Waals surface area contributed by atoms with Gasteiger partial charge in [0.05, 0.1) is 0 Å². The molecule has 5 heteroatoms. The van der Waals surface area contributed by atoms with Crippen molar-refractivity contribution in [3.8, 4) is 0 Å². The minimum atomic E-state index is -2.11. The van der Waals surface area contributed by atoms with Gasteiger partial charge in [0.2, 0.25) is 0 Å². The van der Waals surface area contributed by atoms with Gasteiger partial charge in [-0.1, -0.05) is 20.4 Å². The molecular formula is C9H18O4Si. The predicted octanol–water partition coefficient (Wildman–Crippen LogP) is 1.82. The van der Waals surface area contributed by atoms with Crippen LogP contribution in [-0.2, 0) is 18.4 Å². The monoisotopic (exact) mass is 218 g/mol. The molecule has 0 aromatic carbocycles. The molecule has 14 heavy (non-hydrogen) atoms. The van der Waals surface area contributed by atoms with Gasteiger partial charge in [0.1, 0.15) is 0 Å². The molecule has 0 saturated carbocycles. The Morgan fingerprint density at radius 3 is 2.36 bits per heavy atom. The fourth-order valence-electron chi connectivity index (χ4n) is 1.06. The maximum absolute atomic E-state index is 10.7. The Morgan fingerprint density at radius 1 is 1.43 bits per heavy atom. The van der Waals surface area contributed by atoms with E-state index in [2.05, 4.69) is 6.58 Å². The van der Waals surface area contributed by atoms with Crippen molar-refractivity contribution >= 4 is 14.5 Å². The molecule has 0 aliphatic rings. The van der Waals surface area contributed by atoms with Gasteiger partial charge in [0.15, 0.2) is 6.79 Å². The van der Waals surface area contributed by atoms with Crippen LogP contribution in [0, 0.1) is 0 Å². The molecule has 0 saturated heterocycles. The number of hydrogen-bond donors (Lipinski definition) is 0. The molecule has 0 aliphatic carbocycles. The number of rotatable bonds is 7. The molecule has 0 fully saturated rings. The summed E-state index contributed by atoms with van der Waals surface area (Å²) in [6.45, 7) is 7.25. The van der Waals surface area contributed by atoms with Gasteiger partial charge in [0.25, 0.3) is 0 Å². The largest absolute Gasteiger partial charge is 0.436 e. The smallest absolute Gasteiger partial charge is 0.339 e. The van der Waals surface area contributed by atoms with E-state index in [9.17, 15) is 4.79 Å². The molecular weight excluding hydrogens is 200 g/mol. The molecule has 0 atom stereocenters.